The zero-order valence-corrected chi connectivity index (χ0v) is 13.6. The van der Waals surface area contributed by atoms with Crippen LogP contribution >= 0.6 is 11.6 Å². The number of hydrogen-bond donors (Lipinski definition) is 0. The third-order valence-electron chi connectivity index (χ3n) is 2.83. The summed E-state index contributed by atoms with van der Waals surface area (Å²) in [4.78, 5) is 24.2. The van der Waals surface area contributed by atoms with Crippen molar-refractivity contribution < 1.29 is 19.1 Å². The number of benzene rings is 1. The SMILES string of the molecule is CCOC(=O)c1cc(CC)c(Cl)cc1C(=O)OCC(C)C. The van der Waals surface area contributed by atoms with Crippen molar-refractivity contribution in [1.82, 2.24) is 0 Å². The van der Waals surface area contributed by atoms with Crippen LogP contribution in [0.25, 0.3) is 0 Å². The molecule has 1 aromatic carbocycles. The summed E-state index contributed by atoms with van der Waals surface area (Å²) in [5.41, 5.74) is 1.14. The van der Waals surface area contributed by atoms with Crippen LogP contribution < -0.4 is 0 Å². The number of rotatable bonds is 6. The number of ether oxygens (including phenoxy) is 2. The molecular formula is C16H21ClO4. The summed E-state index contributed by atoms with van der Waals surface area (Å²) in [5.74, 6) is -0.887. The number of aryl methyl sites for hydroxylation is 1. The van der Waals surface area contributed by atoms with Crippen LogP contribution in [-0.4, -0.2) is 25.2 Å². The number of hydrogen-bond acceptors (Lipinski definition) is 4. The molecule has 116 valence electrons. The van der Waals surface area contributed by atoms with Gasteiger partial charge in [-0.2, -0.15) is 0 Å². The van der Waals surface area contributed by atoms with Crippen molar-refractivity contribution >= 4 is 23.5 Å². The van der Waals surface area contributed by atoms with Crippen molar-refractivity contribution in [2.75, 3.05) is 13.2 Å². The third kappa shape index (κ3) is 4.74. The van der Waals surface area contributed by atoms with Crippen LogP contribution in [0.5, 0.6) is 0 Å². The van der Waals surface area contributed by atoms with Crippen molar-refractivity contribution in [3.63, 3.8) is 0 Å². The van der Waals surface area contributed by atoms with E-state index in [-0.39, 0.29) is 30.3 Å². The fourth-order valence-electron chi connectivity index (χ4n) is 1.76. The van der Waals surface area contributed by atoms with Gasteiger partial charge in [0.15, 0.2) is 0 Å². The lowest BCUT2D eigenvalue weighted by molar-refractivity contribution is 0.0435. The Bertz CT molecular complexity index is 523. The average Bonchev–Trinajstić information content (AvgIpc) is 2.44. The Morgan fingerprint density at radius 3 is 2.19 bits per heavy atom. The summed E-state index contributed by atoms with van der Waals surface area (Å²) >= 11 is 6.13. The zero-order chi connectivity index (χ0) is 16.0. The van der Waals surface area contributed by atoms with Gasteiger partial charge in [0.1, 0.15) is 0 Å². The van der Waals surface area contributed by atoms with Crippen molar-refractivity contribution in [3.05, 3.63) is 33.8 Å². The van der Waals surface area contributed by atoms with E-state index in [0.29, 0.717) is 11.4 Å². The van der Waals surface area contributed by atoms with Gasteiger partial charge in [0, 0.05) is 5.02 Å². The molecule has 0 aliphatic heterocycles. The summed E-state index contributed by atoms with van der Waals surface area (Å²) in [6, 6.07) is 3.08. The van der Waals surface area contributed by atoms with E-state index in [9.17, 15) is 9.59 Å². The Hall–Kier alpha value is -1.55. The molecule has 0 N–H and O–H groups in total. The van der Waals surface area contributed by atoms with E-state index in [1.807, 2.05) is 20.8 Å². The number of halogens is 1. The molecule has 0 aromatic heterocycles. The van der Waals surface area contributed by atoms with E-state index in [1.165, 1.54) is 6.07 Å². The first-order chi connectivity index (χ1) is 9.90. The summed E-state index contributed by atoms with van der Waals surface area (Å²) < 4.78 is 10.2. The number of carbonyl (C=O) groups excluding carboxylic acids is 2. The van der Waals surface area contributed by atoms with Crippen LogP contribution in [0.2, 0.25) is 5.02 Å². The minimum atomic E-state index is -0.559. The van der Waals surface area contributed by atoms with E-state index < -0.39 is 11.9 Å². The zero-order valence-electron chi connectivity index (χ0n) is 12.9. The highest BCUT2D eigenvalue weighted by Crippen LogP contribution is 2.24. The van der Waals surface area contributed by atoms with Crippen molar-refractivity contribution in [2.45, 2.75) is 34.1 Å². The van der Waals surface area contributed by atoms with Gasteiger partial charge in [-0.15, -0.1) is 0 Å². The van der Waals surface area contributed by atoms with Crippen molar-refractivity contribution in [1.29, 1.82) is 0 Å². The van der Waals surface area contributed by atoms with Gasteiger partial charge in [-0.3, -0.25) is 0 Å². The predicted molar refractivity (Wildman–Crippen MR) is 81.9 cm³/mol. The molecular weight excluding hydrogens is 292 g/mol. The van der Waals surface area contributed by atoms with Gasteiger partial charge in [-0.05, 0) is 37.0 Å². The first-order valence-corrected chi connectivity index (χ1v) is 7.45. The highest BCUT2D eigenvalue weighted by Gasteiger charge is 2.22. The number of esters is 2. The molecule has 0 radical (unpaired) electrons. The smallest absolute Gasteiger partial charge is 0.339 e. The van der Waals surface area contributed by atoms with E-state index >= 15 is 0 Å². The average molecular weight is 313 g/mol. The second kappa shape index (κ2) is 8.03. The summed E-state index contributed by atoms with van der Waals surface area (Å²) in [5, 5.41) is 0.446. The molecule has 4 nitrogen and oxygen atoms in total. The quantitative estimate of drug-likeness (QED) is 0.748. The van der Waals surface area contributed by atoms with Crippen LogP contribution in [0, 0.1) is 5.92 Å². The molecule has 0 fully saturated rings. The second-order valence-electron chi connectivity index (χ2n) is 5.06. The molecule has 0 spiro atoms. The monoisotopic (exact) mass is 312 g/mol. The lowest BCUT2D eigenvalue weighted by Gasteiger charge is -2.13. The van der Waals surface area contributed by atoms with Gasteiger partial charge < -0.3 is 9.47 Å². The highest BCUT2D eigenvalue weighted by atomic mass is 35.5. The molecule has 0 saturated carbocycles. The second-order valence-corrected chi connectivity index (χ2v) is 5.46. The lowest BCUT2D eigenvalue weighted by atomic mass is 10.0. The molecule has 0 heterocycles. The summed E-state index contributed by atoms with van der Waals surface area (Å²) in [6.07, 6.45) is 0.659. The van der Waals surface area contributed by atoms with E-state index in [4.69, 9.17) is 21.1 Å². The Morgan fingerprint density at radius 2 is 1.67 bits per heavy atom. The molecule has 0 atom stereocenters. The maximum atomic E-state index is 12.1. The van der Waals surface area contributed by atoms with Gasteiger partial charge >= 0.3 is 11.9 Å². The predicted octanol–water partition coefficient (Wildman–Crippen LogP) is 3.89. The normalized spacial score (nSPS) is 10.6. The Balaban J connectivity index is 3.18. The Labute approximate surface area is 130 Å². The molecule has 0 aliphatic carbocycles. The van der Waals surface area contributed by atoms with Crippen LogP contribution in [-0.2, 0) is 15.9 Å². The minimum absolute atomic E-state index is 0.149. The maximum Gasteiger partial charge on any atom is 0.339 e. The van der Waals surface area contributed by atoms with E-state index in [2.05, 4.69) is 0 Å². The van der Waals surface area contributed by atoms with Gasteiger partial charge in [0.2, 0.25) is 0 Å². The Morgan fingerprint density at radius 1 is 1.10 bits per heavy atom. The molecule has 0 bridgehead atoms. The molecule has 1 aromatic rings. The lowest BCUT2D eigenvalue weighted by Crippen LogP contribution is -2.16. The topological polar surface area (TPSA) is 52.6 Å². The molecule has 0 unspecified atom stereocenters. The standard InChI is InChI=1S/C16H21ClO4/c1-5-11-7-12(15(18)20-6-2)13(8-14(11)17)16(19)21-9-10(3)4/h7-8,10H,5-6,9H2,1-4H3. The Kier molecular flexibility index (Phi) is 6.69. The fraction of sp³-hybridized carbons (Fsp3) is 0.500. The van der Waals surface area contributed by atoms with Crippen LogP contribution in [0.4, 0.5) is 0 Å². The van der Waals surface area contributed by atoms with Crippen molar-refractivity contribution in [2.24, 2.45) is 5.92 Å². The van der Waals surface area contributed by atoms with Crippen LogP contribution in [0.1, 0.15) is 54.0 Å². The first-order valence-electron chi connectivity index (χ1n) is 7.07. The largest absolute Gasteiger partial charge is 0.462 e. The maximum absolute atomic E-state index is 12.1. The molecule has 5 heteroatoms. The van der Waals surface area contributed by atoms with Gasteiger partial charge in [-0.1, -0.05) is 32.4 Å². The minimum Gasteiger partial charge on any atom is -0.462 e. The van der Waals surface area contributed by atoms with E-state index in [0.717, 1.165) is 5.56 Å². The van der Waals surface area contributed by atoms with Gasteiger partial charge in [-0.25, -0.2) is 9.59 Å². The third-order valence-corrected chi connectivity index (χ3v) is 3.18. The first kappa shape index (κ1) is 17.5. The van der Waals surface area contributed by atoms with Crippen LogP contribution in [0.3, 0.4) is 0 Å². The molecule has 0 aliphatic rings. The molecule has 21 heavy (non-hydrogen) atoms. The molecule has 0 saturated heterocycles. The highest BCUT2D eigenvalue weighted by molar-refractivity contribution is 6.32. The molecule has 0 amide bonds. The molecule has 1 rings (SSSR count). The van der Waals surface area contributed by atoms with Gasteiger partial charge in [0.25, 0.3) is 0 Å². The summed E-state index contributed by atoms with van der Waals surface area (Å²) in [7, 11) is 0. The van der Waals surface area contributed by atoms with E-state index in [1.54, 1.807) is 13.0 Å². The summed E-state index contributed by atoms with van der Waals surface area (Å²) in [6.45, 7) is 8.04. The van der Waals surface area contributed by atoms with Gasteiger partial charge in [0.05, 0.1) is 24.3 Å². The number of carbonyl (C=O) groups is 2. The van der Waals surface area contributed by atoms with Crippen molar-refractivity contribution in [3.8, 4) is 0 Å². The fourth-order valence-corrected chi connectivity index (χ4v) is 2.05. The van der Waals surface area contributed by atoms with Crippen LogP contribution in [0.15, 0.2) is 12.1 Å².